The number of carbonyl (C=O) groups excluding carboxylic acids is 1. The van der Waals surface area contributed by atoms with Gasteiger partial charge >= 0.3 is 0 Å². The van der Waals surface area contributed by atoms with Crippen LogP contribution in [0.2, 0.25) is 5.02 Å². The Balaban J connectivity index is 1.37. The number of hydrogen-bond acceptors (Lipinski definition) is 4. The Morgan fingerprint density at radius 3 is 2.48 bits per heavy atom. The minimum Gasteiger partial charge on any atom is -0.324 e. The average Bonchev–Trinajstić information content (AvgIpc) is 3.45. The van der Waals surface area contributed by atoms with Gasteiger partial charge in [-0.15, -0.1) is 0 Å². The van der Waals surface area contributed by atoms with Gasteiger partial charge in [0.2, 0.25) is 5.91 Å². The Bertz CT molecular complexity index is 1440. The average molecular weight is 457 g/mol. The van der Waals surface area contributed by atoms with E-state index in [0.717, 1.165) is 27.9 Å². The molecule has 1 amide bonds. The molecular formula is C25H21ClN6O. The zero-order valence-electron chi connectivity index (χ0n) is 17.8. The van der Waals surface area contributed by atoms with E-state index < -0.39 is 6.04 Å². The molecule has 0 aliphatic rings. The summed E-state index contributed by atoms with van der Waals surface area (Å²) in [6.45, 7) is 0. The van der Waals surface area contributed by atoms with E-state index in [4.69, 9.17) is 17.3 Å². The standard InChI is InChI=1S/C25H21ClN6O/c1-31-14-19(13-29-31)18-12-22-24(28-10-11-32(22)15-18)17-4-8-21(9-5-17)30-25(33)23(27)16-2-6-20(26)7-3-16/h2-15,23H,27H2,1H3,(H,30,33). The summed E-state index contributed by atoms with van der Waals surface area (Å²) in [5.41, 5.74) is 12.3. The van der Waals surface area contributed by atoms with Crippen molar-refractivity contribution < 1.29 is 4.79 Å². The largest absolute Gasteiger partial charge is 0.324 e. The third kappa shape index (κ3) is 4.24. The van der Waals surface area contributed by atoms with Gasteiger partial charge in [0.25, 0.3) is 0 Å². The second kappa shape index (κ2) is 8.54. The fourth-order valence-electron chi connectivity index (χ4n) is 3.74. The van der Waals surface area contributed by atoms with Crippen molar-refractivity contribution in [3.8, 4) is 22.4 Å². The van der Waals surface area contributed by atoms with Gasteiger partial charge in [0.1, 0.15) is 6.04 Å². The van der Waals surface area contributed by atoms with E-state index in [1.165, 1.54) is 0 Å². The van der Waals surface area contributed by atoms with Gasteiger partial charge in [0.05, 0.1) is 17.4 Å². The molecule has 3 heterocycles. The topological polar surface area (TPSA) is 90.2 Å². The molecule has 0 spiro atoms. The van der Waals surface area contributed by atoms with E-state index in [1.54, 1.807) is 35.1 Å². The number of rotatable bonds is 5. The summed E-state index contributed by atoms with van der Waals surface area (Å²) in [6.07, 6.45) is 9.58. The van der Waals surface area contributed by atoms with Crippen LogP contribution in [0.5, 0.6) is 0 Å². The Hall–Kier alpha value is -3.94. The van der Waals surface area contributed by atoms with Crippen molar-refractivity contribution in [2.45, 2.75) is 6.04 Å². The first-order valence-electron chi connectivity index (χ1n) is 10.4. The highest BCUT2D eigenvalue weighted by atomic mass is 35.5. The predicted molar refractivity (Wildman–Crippen MR) is 130 cm³/mol. The van der Waals surface area contributed by atoms with E-state index in [-0.39, 0.29) is 5.91 Å². The number of carbonyl (C=O) groups is 1. The lowest BCUT2D eigenvalue weighted by molar-refractivity contribution is -0.117. The second-order valence-corrected chi connectivity index (χ2v) is 8.23. The number of nitrogens with one attached hydrogen (secondary N) is 1. The fourth-order valence-corrected chi connectivity index (χ4v) is 3.87. The number of nitrogens with zero attached hydrogens (tertiary/aromatic N) is 4. The van der Waals surface area contributed by atoms with Crippen molar-refractivity contribution in [1.29, 1.82) is 0 Å². The summed E-state index contributed by atoms with van der Waals surface area (Å²) in [6, 6.07) is 15.8. The van der Waals surface area contributed by atoms with Crippen LogP contribution < -0.4 is 11.1 Å². The smallest absolute Gasteiger partial charge is 0.245 e. The first-order chi connectivity index (χ1) is 16.0. The van der Waals surface area contributed by atoms with Crippen LogP contribution in [0.25, 0.3) is 27.9 Å². The maximum Gasteiger partial charge on any atom is 0.245 e. The fraction of sp³-hybridized carbons (Fsp3) is 0.0800. The number of hydrogen-bond donors (Lipinski definition) is 2. The zero-order valence-corrected chi connectivity index (χ0v) is 18.6. The van der Waals surface area contributed by atoms with Crippen molar-refractivity contribution >= 4 is 28.7 Å². The van der Waals surface area contributed by atoms with Gasteiger partial charge in [0.15, 0.2) is 0 Å². The molecule has 33 heavy (non-hydrogen) atoms. The van der Waals surface area contributed by atoms with Crippen LogP contribution in [0.3, 0.4) is 0 Å². The molecule has 0 aliphatic carbocycles. The van der Waals surface area contributed by atoms with Gasteiger partial charge in [-0.1, -0.05) is 35.9 Å². The lowest BCUT2D eigenvalue weighted by Gasteiger charge is -2.13. The molecule has 7 nitrogen and oxygen atoms in total. The Morgan fingerprint density at radius 2 is 1.79 bits per heavy atom. The Morgan fingerprint density at radius 1 is 1.03 bits per heavy atom. The van der Waals surface area contributed by atoms with Crippen LogP contribution in [0.15, 0.2) is 85.6 Å². The molecule has 1 atom stereocenters. The molecule has 5 aromatic rings. The number of anilines is 1. The SMILES string of the molecule is Cn1cc(-c2cc3c(-c4ccc(NC(=O)C(N)c5ccc(Cl)cc5)cc4)nccn3c2)cn1. The van der Waals surface area contributed by atoms with Crippen molar-refractivity contribution in [3.05, 3.63) is 96.2 Å². The molecule has 1 unspecified atom stereocenters. The second-order valence-electron chi connectivity index (χ2n) is 7.80. The van der Waals surface area contributed by atoms with Gasteiger partial charge in [-0.25, -0.2) is 0 Å². The molecule has 0 saturated heterocycles. The molecule has 3 N–H and O–H groups in total. The lowest BCUT2D eigenvalue weighted by atomic mass is 10.1. The highest BCUT2D eigenvalue weighted by Gasteiger charge is 2.16. The van der Waals surface area contributed by atoms with Gasteiger partial charge in [0, 0.05) is 59.2 Å². The maximum absolute atomic E-state index is 12.6. The monoisotopic (exact) mass is 456 g/mol. The quantitative estimate of drug-likeness (QED) is 0.401. The summed E-state index contributed by atoms with van der Waals surface area (Å²) in [7, 11) is 1.90. The van der Waals surface area contributed by atoms with Crippen molar-refractivity contribution in [2.24, 2.45) is 12.8 Å². The number of amides is 1. The van der Waals surface area contributed by atoms with Crippen LogP contribution in [0.1, 0.15) is 11.6 Å². The van der Waals surface area contributed by atoms with E-state index in [0.29, 0.717) is 16.3 Å². The van der Waals surface area contributed by atoms with Gasteiger partial charge in [-0.05, 0) is 35.9 Å². The molecule has 2 aromatic carbocycles. The molecule has 0 aliphatic heterocycles. The van der Waals surface area contributed by atoms with Gasteiger partial charge in [-0.3, -0.25) is 14.5 Å². The number of nitrogens with two attached hydrogens (primary N) is 1. The predicted octanol–water partition coefficient (Wildman–Crippen LogP) is 4.69. The van der Waals surface area contributed by atoms with Crippen molar-refractivity contribution in [3.63, 3.8) is 0 Å². The molecule has 0 bridgehead atoms. The first-order valence-corrected chi connectivity index (χ1v) is 10.7. The van der Waals surface area contributed by atoms with Crippen LogP contribution >= 0.6 is 11.6 Å². The van der Waals surface area contributed by atoms with E-state index in [9.17, 15) is 4.79 Å². The first kappa shape index (κ1) is 20.9. The van der Waals surface area contributed by atoms with Crippen LogP contribution in [-0.2, 0) is 11.8 Å². The molecule has 8 heteroatoms. The molecule has 164 valence electrons. The number of halogens is 1. The molecule has 3 aromatic heterocycles. The summed E-state index contributed by atoms with van der Waals surface area (Å²) >= 11 is 5.91. The summed E-state index contributed by atoms with van der Waals surface area (Å²) < 4.78 is 3.83. The normalized spacial score (nSPS) is 12.1. The Kier molecular flexibility index (Phi) is 5.42. The Labute approximate surface area is 195 Å². The van der Waals surface area contributed by atoms with Crippen molar-refractivity contribution in [2.75, 3.05) is 5.32 Å². The number of fused-ring (bicyclic) bond motifs is 1. The number of benzene rings is 2. The molecule has 5 rings (SSSR count). The molecular weight excluding hydrogens is 436 g/mol. The minimum absolute atomic E-state index is 0.294. The molecule has 0 fully saturated rings. The third-order valence-corrected chi connectivity index (χ3v) is 5.75. The minimum atomic E-state index is -0.788. The van der Waals surface area contributed by atoms with E-state index >= 15 is 0 Å². The van der Waals surface area contributed by atoms with Crippen LogP contribution in [0.4, 0.5) is 5.69 Å². The highest BCUT2D eigenvalue weighted by Crippen LogP contribution is 2.29. The summed E-state index contributed by atoms with van der Waals surface area (Å²) in [5.74, 6) is -0.294. The van der Waals surface area contributed by atoms with Gasteiger partial charge < -0.3 is 15.5 Å². The number of aryl methyl sites for hydroxylation is 1. The van der Waals surface area contributed by atoms with Crippen LogP contribution in [0, 0.1) is 0 Å². The van der Waals surface area contributed by atoms with Gasteiger partial charge in [-0.2, -0.15) is 5.10 Å². The summed E-state index contributed by atoms with van der Waals surface area (Å²) in [4.78, 5) is 17.2. The zero-order chi connectivity index (χ0) is 22.9. The molecule has 0 radical (unpaired) electrons. The third-order valence-electron chi connectivity index (χ3n) is 5.50. The van der Waals surface area contributed by atoms with Crippen LogP contribution in [-0.4, -0.2) is 25.1 Å². The van der Waals surface area contributed by atoms with Crippen molar-refractivity contribution in [1.82, 2.24) is 19.2 Å². The lowest BCUT2D eigenvalue weighted by Crippen LogP contribution is -2.27. The number of aromatic nitrogens is 4. The molecule has 0 saturated carbocycles. The summed E-state index contributed by atoms with van der Waals surface area (Å²) in [5, 5.41) is 7.72. The maximum atomic E-state index is 12.6. The van der Waals surface area contributed by atoms with E-state index in [1.807, 2.05) is 54.3 Å². The highest BCUT2D eigenvalue weighted by molar-refractivity contribution is 6.30. The van der Waals surface area contributed by atoms with E-state index in [2.05, 4.69) is 27.7 Å².